The van der Waals surface area contributed by atoms with E-state index >= 15 is 0 Å². The predicted molar refractivity (Wildman–Crippen MR) is 120 cm³/mol. The molecule has 0 aliphatic carbocycles. The van der Waals surface area contributed by atoms with E-state index in [1.807, 2.05) is 35.9 Å². The molecule has 0 aliphatic rings. The van der Waals surface area contributed by atoms with E-state index in [1.54, 1.807) is 43.8 Å². The maximum atomic E-state index is 12.8. The average molecular weight is 433 g/mol. The number of rotatable bonds is 7. The maximum Gasteiger partial charge on any atom is 0.273 e. The second-order valence-corrected chi connectivity index (χ2v) is 7.37. The van der Waals surface area contributed by atoms with E-state index < -0.39 is 6.04 Å². The summed E-state index contributed by atoms with van der Waals surface area (Å²) in [6, 6.07) is 13.5. The van der Waals surface area contributed by atoms with Gasteiger partial charge in [-0.2, -0.15) is 0 Å². The van der Waals surface area contributed by atoms with E-state index in [1.165, 1.54) is 4.68 Å². The molecule has 0 saturated heterocycles. The van der Waals surface area contributed by atoms with Crippen molar-refractivity contribution in [1.82, 2.24) is 24.6 Å². The Morgan fingerprint density at radius 3 is 2.66 bits per heavy atom. The highest BCUT2D eigenvalue weighted by atomic mass is 16.5. The molecule has 0 fully saturated rings. The third kappa shape index (κ3) is 4.18. The molecule has 32 heavy (non-hydrogen) atoms. The summed E-state index contributed by atoms with van der Waals surface area (Å²) in [5, 5.41) is 6.17. The van der Waals surface area contributed by atoms with E-state index in [0.717, 1.165) is 5.56 Å². The Bertz CT molecular complexity index is 1380. The Labute approximate surface area is 183 Å². The van der Waals surface area contributed by atoms with Crippen molar-refractivity contribution in [3.8, 4) is 5.75 Å². The van der Waals surface area contributed by atoms with Crippen LogP contribution < -0.4 is 21.2 Å². The van der Waals surface area contributed by atoms with Crippen LogP contribution in [0.5, 0.6) is 5.75 Å². The molecule has 2 aromatic heterocycles. The molecule has 1 atom stereocenters. The zero-order chi connectivity index (χ0) is 22.7. The summed E-state index contributed by atoms with van der Waals surface area (Å²) < 4.78 is 8.31. The molecule has 9 heteroatoms. The Morgan fingerprint density at radius 1 is 1.16 bits per heavy atom. The second kappa shape index (κ2) is 8.93. The van der Waals surface area contributed by atoms with Crippen LogP contribution in [0.2, 0.25) is 0 Å². The van der Waals surface area contributed by atoms with Gasteiger partial charge in [0.15, 0.2) is 0 Å². The standard InChI is InChI=1S/C23H23N5O4/c1-27-13-11-24-21(27)20(15-6-5-7-16(14-15)32-2)25-19(29)10-12-28-23(31)18-9-4-3-8-17(18)22(30)26-28/h3-9,11,13-14,20H,10,12H2,1-2H3,(H,25,29)(H,26,30)/t20-/m0/s1. The number of methoxy groups -OCH3 is 1. The number of benzene rings is 2. The van der Waals surface area contributed by atoms with Crippen LogP contribution in [-0.4, -0.2) is 32.3 Å². The Hall–Kier alpha value is -4.14. The molecule has 2 aromatic carbocycles. The highest BCUT2D eigenvalue weighted by Crippen LogP contribution is 2.24. The molecular weight excluding hydrogens is 410 g/mol. The molecule has 0 radical (unpaired) electrons. The van der Waals surface area contributed by atoms with E-state index in [0.29, 0.717) is 22.3 Å². The molecule has 1 amide bonds. The molecule has 0 unspecified atom stereocenters. The smallest absolute Gasteiger partial charge is 0.273 e. The van der Waals surface area contributed by atoms with Crippen LogP contribution in [0.4, 0.5) is 0 Å². The van der Waals surface area contributed by atoms with Gasteiger partial charge in [0.25, 0.3) is 11.1 Å². The number of amides is 1. The van der Waals surface area contributed by atoms with Gasteiger partial charge in [-0.25, -0.2) is 9.67 Å². The van der Waals surface area contributed by atoms with Gasteiger partial charge in [0.2, 0.25) is 5.91 Å². The fourth-order valence-electron chi connectivity index (χ4n) is 3.62. The van der Waals surface area contributed by atoms with Crippen molar-refractivity contribution in [3.63, 3.8) is 0 Å². The maximum absolute atomic E-state index is 12.8. The summed E-state index contributed by atoms with van der Waals surface area (Å²) in [5.74, 6) is 1.03. The van der Waals surface area contributed by atoms with Gasteiger partial charge in [-0.3, -0.25) is 19.5 Å². The molecule has 9 nitrogen and oxygen atoms in total. The summed E-state index contributed by atoms with van der Waals surface area (Å²) in [6.07, 6.45) is 3.46. The topological polar surface area (TPSA) is 111 Å². The molecule has 4 aromatic rings. The van der Waals surface area contributed by atoms with Crippen molar-refractivity contribution in [3.05, 3.63) is 93.0 Å². The molecule has 0 aliphatic heterocycles. The quantitative estimate of drug-likeness (QED) is 0.461. The van der Waals surface area contributed by atoms with Crippen LogP contribution in [-0.2, 0) is 18.4 Å². The number of carbonyl (C=O) groups excluding carboxylic acids is 1. The second-order valence-electron chi connectivity index (χ2n) is 7.37. The van der Waals surface area contributed by atoms with Crippen molar-refractivity contribution in [2.75, 3.05) is 7.11 Å². The molecule has 0 saturated carbocycles. The van der Waals surface area contributed by atoms with Crippen molar-refractivity contribution in [1.29, 1.82) is 0 Å². The number of aryl methyl sites for hydroxylation is 2. The van der Waals surface area contributed by atoms with Gasteiger partial charge in [-0.15, -0.1) is 0 Å². The first-order valence-electron chi connectivity index (χ1n) is 10.1. The van der Waals surface area contributed by atoms with Gasteiger partial charge >= 0.3 is 0 Å². The van der Waals surface area contributed by atoms with Crippen LogP contribution in [0.3, 0.4) is 0 Å². The lowest BCUT2D eigenvalue weighted by atomic mass is 10.1. The number of imidazole rings is 1. The van der Waals surface area contributed by atoms with Crippen LogP contribution >= 0.6 is 0 Å². The van der Waals surface area contributed by atoms with Gasteiger partial charge in [-0.05, 0) is 29.8 Å². The van der Waals surface area contributed by atoms with Crippen molar-refractivity contribution in [2.24, 2.45) is 7.05 Å². The van der Waals surface area contributed by atoms with Gasteiger partial charge in [0, 0.05) is 25.9 Å². The summed E-state index contributed by atoms with van der Waals surface area (Å²) in [5.41, 5.74) is 0.0904. The average Bonchev–Trinajstić information content (AvgIpc) is 3.24. The number of fused-ring (bicyclic) bond motifs is 1. The van der Waals surface area contributed by atoms with Crippen LogP contribution in [0.15, 0.2) is 70.5 Å². The SMILES string of the molecule is COc1cccc([C@H](NC(=O)CCn2[nH]c(=O)c3ccccc3c2=O)c2nccn2C)c1. The lowest BCUT2D eigenvalue weighted by Gasteiger charge is -2.20. The van der Waals surface area contributed by atoms with E-state index in [9.17, 15) is 14.4 Å². The lowest BCUT2D eigenvalue weighted by molar-refractivity contribution is -0.121. The predicted octanol–water partition coefficient (Wildman–Crippen LogP) is 1.73. The molecule has 2 N–H and O–H groups in total. The van der Waals surface area contributed by atoms with Crippen molar-refractivity contribution >= 4 is 16.7 Å². The van der Waals surface area contributed by atoms with Gasteiger partial charge in [-0.1, -0.05) is 24.3 Å². The summed E-state index contributed by atoms with van der Waals surface area (Å²) in [4.78, 5) is 42.2. The van der Waals surface area contributed by atoms with E-state index in [2.05, 4.69) is 15.4 Å². The molecule has 164 valence electrons. The highest BCUT2D eigenvalue weighted by Gasteiger charge is 2.21. The van der Waals surface area contributed by atoms with Gasteiger partial charge < -0.3 is 14.6 Å². The fourth-order valence-corrected chi connectivity index (χ4v) is 3.62. The van der Waals surface area contributed by atoms with E-state index in [-0.39, 0.29) is 30.0 Å². The molecule has 4 rings (SSSR count). The zero-order valence-electron chi connectivity index (χ0n) is 17.7. The number of nitrogens with one attached hydrogen (secondary N) is 2. The minimum Gasteiger partial charge on any atom is -0.497 e. The van der Waals surface area contributed by atoms with E-state index in [4.69, 9.17) is 4.74 Å². The summed E-state index contributed by atoms with van der Waals surface area (Å²) in [6.45, 7) is 0.0378. The fraction of sp³-hybridized carbons (Fsp3) is 0.217. The Morgan fingerprint density at radius 2 is 1.94 bits per heavy atom. The lowest BCUT2D eigenvalue weighted by Crippen LogP contribution is -2.34. The molecule has 0 bridgehead atoms. The van der Waals surface area contributed by atoms with Crippen LogP contribution in [0.25, 0.3) is 10.8 Å². The number of carbonyl (C=O) groups is 1. The minimum absolute atomic E-state index is 0.000914. The molecular formula is C23H23N5O4. The number of hydrogen-bond acceptors (Lipinski definition) is 5. The van der Waals surface area contributed by atoms with Crippen molar-refractivity contribution < 1.29 is 9.53 Å². The number of aromatic amines is 1. The minimum atomic E-state index is -0.509. The third-order valence-electron chi connectivity index (χ3n) is 5.30. The Balaban J connectivity index is 1.56. The number of hydrogen-bond donors (Lipinski definition) is 2. The molecule has 0 spiro atoms. The number of nitrogens with zero attached hydrogens (tertiary/aromatic N) is 3. The monoisotopic (exact) mass is 433 g/mol. The molecule has 2 heterocycles. The van der Waals surface area contributed by atoms with Crippen LogP contribution in [0.1, 0.15) is 23.9 Å². The summed E-state index contributed by atoms with van der Waals surface area (Å²) >= 11 is 0. The van der Waals surface area contributed by atoms with Crippen LogP contribution in [0, 0.1) is 0 Å². The third-order valence-corrected chi connectivity index (χ3v) is 5.30. The summed E-state index contributed by atoms with van der Waals surface area (Å²) in [7, 11) is 3.43. The van der Waals surface area contributed by atoms with Gasteiger partial charge in [0.05, 0.1) is 24.4 Å². The highest BCUT2D eigenvalue weighted by molar-refractivity contribution is 5.80. The first-order chi connectivity index (χ1) is 15.5. The number of H-pyrrole nitrogens is 1. The zero-order valence-corrected chi connectivity index (χ0v) is 17.7. The van der Waals surface area contributed by atoms with Gasteiger partial charge in [0.1, 0.15) is 17.6 Å². The normalized spacial score (nSPS) is 11.9. The first kappa shape index (κ1) is 21.1. The number of aromatic nitrogens is 4. The first-order valence-corrected chi connectivity index (χ1v) is 10.1. The largest absolute Gasteiger partial charge is 0.497 e. The number of ether oxygens (including phenoxy) is 1. The van der Waals surface area contributed by atoms with Crippen molar-refractivity contribution in [2.45, 2.75) is 19.0 Å². The Kier molecular flexibility index (Phi) is 5.89.